The fourth-order valence-electron chi connectivity index (χ4n) is 1.36. The van der Waals surface area contributed by atoms with Gasteiger partial charge in [-0.2, -0.15) is 0 Å². The van der Waals surface area contributed by atoms with Crippen LogP contribution in [-0.4, -0.2) is 30.8 Å². The van der Waals surface area contributed by atoms with E-state index in [9.17, 15) is 14.4 Å². The van der Waals surface area contributed by atoms with Gasteiger partial charge in [-0.15, -0.1) is 0 Å². The van der Waals surface area contributed by atoms with Crippen LogP contribution in [0.3, 0.4) is 0 Å². The fraction of sp³-hybridized carbons (Fsp3) is 0.308. The summed E-state index contributed by atoms with van der Waals surface area (Å²) in [7, 11) is 0. The van der Waals surface area contributed by atoms with E-state index in [0.717, 1.165) is 5.56 Å². The van der Waals surface area contributed by atoms with Crippen LogP contribution in [0, 0.1) is 0 Å². The first-order valence-electron chi connectivity index (χ1n) is 6.04. The molecular weight excluding hydrogens is 282 g/mol. The van der Waals surface area contributed by atoms with Gasteiger partial charge in [-0.1, -0.05) is 23.7 Å². The summed E-state index contributed by atoms with van der Waals surface area (Å²) < 4.78 is 0. The number of nitrogens with one attached hydrogen (secondary N) is 3. The van der Waals surface area contributed by atoms with Crippen molar-refractivity contribution in [2.24, 2.45) is 0 Å². The number of carbonyl (C=O) groups excluding carboxylic acids is 3. The first-order valence-corrected chi connectivity index (χ1v) is 6.41. The summed E-state index contributed by atoms with van der Waals surface area (Å²) in [4.78, 5) is 33.5. The van der Waals surface area contributed by atoms with Crippen molar-refractivity contribution in [3.63, 3.8) is 0 Å². The summed E-state index contributed by atoms with van der Waals surface area (Å²) >= 11 is 5.74. The Morgan fingerprint density at radius 1 is 0.950 bits per heavy atom. The van der Waals surface area contributed by atoms with E-state index in [1.165, 1.54) is 6.92 Å². The average Bonchev–Trinajstić information content (AvgIpc) is 2.42. The molecule has 0 aliphatic carbocycles. The quantitative estimate of drug-likeness (QED) is 0.536. The first-order chi connectivity index (χ1) is 9.49. The zero-order chi connectivity index (χ0) is 15.0. The van der Waals surface area contributed by atoms with Gasteiger partial charge in [0, 0.05) is 31.6 Å². The molecule has 3 N–H and O–H groups in total. The van der Waals surface area contributed by atoms with E-state index in [1.807, 2.05) is 0 Å². The molecule has 6 nitrogen and oxygen atoms in total. The van der Waals surface area contributed by atoms with Gasteiger partial charge in [-0.3, -0.25) is 14.4 Å². The van der Waals surface area contributed by atoms with Crippen LogP contribution in [0.15, 0.2) is 24.3 Å². The lowest BCUT2D eigenvalue weighted by molar-refractivity contribution is -0.139. The zero-order valence-electron chi connectivity index (χ0n) is 11.0. The van der Waals surface area contributed by atoms with E-state index in [1.54, 1.807) is 24.3 Å². The van der Waals surface area contributed by atoms with Crippen molar-refractivity contribution in [2.75, 3.05) is 13.1 Å². The molecule has 1 aromatic rings. The van der Waals surface area contributed by atoms with E-state index in [0.29, 0.717) is 5.02 Å². The van der Waals surface area contributed by atoms with Crippen LogP contribution in [0.25, 0.3) is 0 Å². The Morgan fingerprint density at radius 3 is 2.10 bits per heavy atom. The molecular formula is C13H16ClN3O3. The highest BCUT2D eigenvalue weighted by molar-refractivity contribution is 6.35. The maximum atomic E-state index is 11.5. The van der Waals surface area contributed by atoms with Crippen LogP contribution in [0.1, 0.15) is 12.5 Å². The summed E-state index contributed by atoms with van der Waals surface area (Å²) in [5, 5.41) is 8.00. The molecule has 0 fully saturated rings. The molecule has 20 heavy (non-hydrogen) atoms. The van der Waals surface area contributed by atoms with E-state index in [-0.39, 0.29) is 25.5 Å². The van der Waals surface area contributed by atoms with E-state index in [2.05, 4.69) is 16.0 Å². The topological polar surface area (TPSA) is 87.3 Å². The second kappa shape index (κ2) is 8.16. The predicted molar refractivity (Wildman–Crippen MR) is 75.0 cm³/mol. The second-order valence-electron chi connectivity index (χ2n) is 4.05. The molecule has 0 atom stereocenters. The Labute approximate surface area is 121 Å². The highest BCUT2D eigenvalue weighted by atomic mass is 35.5. The van der Waals surface area contributed by atoms with Crippen molar-refractivity contribution >= 4 is 29.3 Å². The van der Waals surface area contributed by atoms with E-state index >= 15 is 0 Å². The Bertz CT molecular complexity index is 488. The SMILES string of the molecule is CC(=O)NCCNC(=O)C(=O)NCc1ccc(Cl)cc1. The lowest BCUT2D eigenvalue weighted by Gasteiger charge is -2.07. The zero-order valence-corrected chi connectivity index (χ0v) is 11.8. The van der Waals surface area contributed by atoms with Crippen LogP contribution >= 0.6 is 11.6 Å². The maximum Gasteiger partial charge on any atom is 0.309 e. The smallest absolute Gasteiger partial charge is 0.309 e. The van der Waals surface area contributed by atoms with Crippen LogP contribution in [0.5, 0.6) is 0 Å². The lowest BCUT2D eigenvalue weighted by Crippen LogP contribution is -2.42. The molecule has 1 rings (SSSR count). The minimum Gasteiger partial charge on any atom is -0.355 e. The molecule has 0 saturated carbocycles. The fourth-order valence-corrected chi connectivity index (χ4v) is 1.49. The molecule has 1 aromatic carbocycles. The Balaban J connectivity index is 2.26. The monoisotopic (exact) mass is 297 g/mol. The van der Waals surface area contributed by atoms with E-state index in [4.69, 9.17) is 11.6 Å². The number of amides is 3. The molecule has 0 spiro atoms. The van der Waals surface area contributed by atoms with Crippen LogP contribution in [0.2, 0.25) is 5.02 Å². The minimum atomic E-state index is -0.732. The third-order valence-electron chi connectivity index (χ3n) is 2.36. The summed E-state index contributed by atoms with van der Waals surface area (Å²) in [5.74, 6) is -1.64. The number of benzene rings is 1. The number of rotatable bonds is 5. The van der Waals surface area contributed by atoms with Crippen molar-refractivity contribution < 1.29 is 14.4 Å². The van der Waals surface area contributed by atoms with Gasteiger partial charge in [0.1, 0.15) is 0 Å². The molecule has 0 unspecified atom stereocenters. The third-order valence-corrected chi connectivity index (χ3v) is 2.61. The summed E-state index contributed by atoms with van der Waals surface area (Å²) in [6.07, 6.45) is 0. The lowest BCUT2D eigenvalue weighted by atomic mass is 10.2. The van der Waals surface area contributed by atoms with Crippen LogP contribution < -0.4 is 16.0 Å². The molecule has 0 aliphatic rings. The highest BCUT2D eigenvalue weighted by Gasteiger charge is 2.11. The van der Waals surface area contributed by atoms with Gasteiger partial charge in [0.05, 0.1) is 0 Å². The van der Waals surface area contributed by atoms with Gasteiger partial charge in [0.25, 0.3) is 0 Å². The number of halogens is 1. The molecule has 0 saturated heterocycles. The molecule has 0 bridgehead atoms. The van der Waals surface area contributed by atoms with Gasteiger partial charge < -0.3 is 16.0 Å². The van der Waals surface area contributed by atoms with Crippen LogP contribution in [-0.2, 0) is 20.9 Å². The largest absolute Gasteiger partial charge is 0.355 e. The Hall–Kier alpha value is -2.08. The molecule has 3 amide bonds. The predicted octanol–water partition coefficient (Wildman–Crippen LogP) is 0.208. The number of carbonyl (C=O) groups is 3. The van der Waals surface area contributed by atoms with Gasteiger partial charge in [-0.05, 0) is 17.7 Å². The Morgan fingerprint density at radius 2 is 1.50 bits per heavy atom. The summed E-state index contributed by atoms with van der Waals surface area (Å²) in [6.45, 7) is 2.11. The molecule has 7 heteroatoms. The summed E-state index contributed by atoms with van der Waals surface area (Å²) in [5.41, 5.74) is 0.841. The van der Waals surface area contributed by atoms with Gasteiger partial charge >= 0.3 is 11.8 Å². The summed E-state index contributed by atoms with van der Waals surface area (Å²) in [6, 6.07) is 6.93. The maximum absolute atomic E-state index is 11.5. The van der Waals surface area contributed by atoms with Crippen molar-refractivity contribution in [2.45, 2.75) is 13.5 Å². The average molecular weight is 298 g/mol. The normalized spacial score (nSPS) is 9.70. The molecule has 0 heterocycles. The Kier molecular flexibility index (Phi) is 6.52. The van der Waals surface area contributed by atoms with Crippen LogP contribution in [0.4, 0.5) is 0 Å². The van der Waals surface area contributed by atoms with Gasteiger partial charge in [0.2, 0.25) is 5.91 Å². The number of hydrogen-bond donors (Lipinski definition) is 3. The highest BCUT2D eigenvalue weighted by Crippen LogP contribution is 2.08. The molecule has 0 radical (unpaired) electrons. The second-order valence-corrected chi connectivity index (χ2v) is 4.48. The van der Waals surface area contributed by atoms with Gasteiger partial charge in [0.15, 0.2) is 0 Å². The third kappa shape index (κ3) is 6.19. The van der Waals surface area contributed by atoms with Crippen molar-refractivity contribution in [1.29, 1.82) is 0 Å². The molecule has 0 aliphatic heterocycles. The van der Waals surface area contributed by atoms with Crippen molar-refractivity contribution in [1.82, 2.24) is 16.0 Å². The minimum absolute atomic E-state index is 0.188. The van der Waals surface area contributed by atoms with Crippen molar-refractivity contribution in [3.8, 4) is 0 Å². The first kappa shape index (κ1) is 16.0. The number of hydrogen-bond acceptors (Lipinski definition) is 3. The van der Waals surface area contributed by atoms with E-state index < -0.39 is 11.8 Å². The standard InChI is InChI=1S/C13H16ClN3O3/c1-9(18)15-6-7-16-12(19)13(20)17-8-10-2-4-11(14)5-3-10/h2-5H,6-8H2,1H3,(H,15,18)(H,16,19)(H,17,20). The molecule has 0 aromatic heterocycles. The molecule has 108 valence electrons. The van der Waals surface area contributed by atoms with Crippen molar-refractivity contribution in [3.05, 3.63) is 34.9 Å². The van der Waals surface area contributed by atoms with Gasteiger partial charge in [-0.25, -0.2) is 0 Å².